The highest BCUT2D eigenvalue weighted by Gasteiger charge is 2.25. The third kappa shape index (κ3) is 4.23. The summed E-state index contributed by atoms with van der Waals surface area (Å²) in [5, 5.41) is 2.85. The van der Waals surface area contributed by atoms with E-state index < -0.39 is 0 Å². The summed E-state index contributed by atoms with van der Waals surface area (Å²) >= 11 is 0. The van der Waals surface area contributed by atoms with E-state index in [-0.39, 0.29) is 11.9 Å². The molecule has 5 nitrogen and oxygen atoms in total. The number of hydrogen-bond acceptors (Lipinski definition) is 3. The van der Waals surface area contributed by atoms with E-state index >= 15 is 0 Å². The van der Waals surface area contributed by atoms with E-state index in [0.717, 1.165) is 38.9 Å². The molecular formula is C19H25N3O2. The van der Waals surface area contributed by atoms with Gasteiger partial charge in [-0.2, -0.15) is 0 Å². The molecule has 128 valence electrons. The fourth-order valence-electron chi connectivity index (χ4n) is 3.28. The number of urea groups is 1. The summed E-state index contributed by atoms with van der Waals surface area (Å²) in [5.41, 5.74) is 2.74. The monoisotopic (exact) mass is 327 g/mol. The van der Waals surface area contributed by atoms with E-state index in [0.29, 0.717) is 19.5 Å². The Morgan fingerprint density at radius 3 is 2.62 bits per heavy atom. The van der Waals surface area contributed by atoms with Gasteiger partial charge in [0, 0.05) is 39.1 Å². The third-order valence-corrected chi connectivity index (χ3v) is 4.68. The lowest BCUT2D eigenvalue weighted by molar-refractivity contribution is -0.125. The number of likely N-dealkylation sites (tertiary alicyclic amines) is 1. The molecule has 0 bridgehead atoms. The van der Waals surface area contributed by atoms with Crippen LogP contribution in [0.25, 0.3) is 5.57 Å². The molecule has 1 fully saturated rings. The van der Waals surface area contributed by atoms with Crippen molar-refractivity contribution in [2.75, 3.05) is 32.7 Å². The van der Waals surface area contributed by atoms with Gasteiger partial charge in [-0.3, -0.25) is 14.6 Å². The van der Waals surface area contributed by atoms with Gasteiger partial charge in [-0.05, 0) is 30.4 Å². The number of nitrogens with one attached hydrogen (secondary N) is 1. The molecule has 0 aliphatic carbocycles. The zero-order chi connectivity index (χ0) is 16.8. The van der Waals surface area contributed by atoms with Gasteiger partial charge in [0.2, 0.25) is 5.91 Å². The second kappa shape index (κ2) is 8.11. The van der Waals surface area contributed by atoms with Gasteiger partial charge in [0.15, 0.2) is 0 Å². The lowest BCUT2D eigenvalue weighted by atomic mass is 9.99. The second-order valence-electron chi connectivity index (χ2n) is 6.38. The van der Waals surface area contributed by atoms with E-state index in [1.54, 1.807) is 0 Å². The highest BCUT2D eigenvalue weighted by molar-refractivity contribution is 5.95. The maximum atomic E-state index is 11.9. The number of nitrogens with zero attached hydrogens (tertiary/aromatic N) is 2. The zero-order valence-electron chi connectivity index (χ0n) is 14.0. The van der Waals surface area contributed by atoms with Crippen LogP contribution in [-0.2, 0) is 4.79 Å². The molecule has 0 radical (unpaired) electrons. The third-order valence-electron chi connectivity index (χ3n) is 4.68. The Hall–Kier alpha value is -2.14. The molecule has 2 aliphatic rings. The minimum absolute atomic E-state index is 0.0536. The van der Waals surface area contributed by atoms with E-state index in [1.807, 2.05) is 6.07 Å². The summed E-state index contributed by atoms with van der Waals surface area (Å²) in [6.07, 6.45) is 5.56. The molecule has 0 aromatic heterocycles. The summed E-state index contributed by atoms with van der Waals surface area (Å²) in [6, 6.07) is 10.3. The molecule has 1 aromatic carbocycles. The van der Waals surface area contributed by atoms with Crippen molar-refractivity contribution in [2.24, 2.45) is 0 Å². The van der Waals surface area contributed by atoms with Crippen LogP contribution in [0.4, 0.5) is 4.79 Å². The Bertz CT molecular complexity index is 612. The molecular weight excluding hydrogens is 302 g/mol. The fraction of sp³-hybridized carbons (Fsp3) is 0.474. The molecule has 1 N–H and O–H groups in total. The van der Waals surface area contributed by atoms with Crippen LogP contribution < -0.4 is 5.32 Å². The van der Waals surface area contributed by atoms with Gasteiger partial charge in [-0.1, -0.05) is 36.4 Å². The molecule has 3 amide bonds. The summed E-state index contributed by atoms with van der Waals surface area (Å²) in [4.78, 5) is 27.1. The molecule has 2 heterocycles. The smallest absolute Gasteiger partial charge is 0.324 e. The average Bonchev–Trinajstić information content (AvgIpc) is 3.06. The van der Waals surface area contributed by atoms with Crippen molar-refractivity contribution >= 4 is 17.5 Å². The Morgan fingerprint density at radius 2 is 1.96 bits per heavy atom. The van der Waals surface area contributed by atoms with Crippen LogP contribution in [0.3, 0.4) is 0 Å². The number of benzene rings is 1. The average molecular weight is 327 g/mol. The van der Waals surface area contributed by atoms with Crippen molar-refractivity contribution in [2.45, 2.75) is 25.7 Å². The van der Waals surface area contributed by atoms with Crippen molar-refractivity contribution in [1.29, 1.82) is 0 Å². The normalized spacial score (nSPS) is 18.6. The lowest BCUT2D eigenvalue weighted by Gasteiger charge is -2.26. The predicted molar refractivity (Wildman–Crippen MR) is 94.4 cm³/mol. The minimum atomic E-state index is -0.234. The quantitative estimate of drug-likeness (QED) is 0.846. The van der Waals surface area contributed by atoms with Crippen molar-refractivity contribution in [1.82, 2.24) is 15.1 Å². The summed E-state index contributed by atoms with van der Waals surface area (Å²) in [7, 11) is 0. The molecule has 0 saturated carbocycles. The Kier molecular flexibility index (Phi) is 5.64. The first-order valence-electron chi connectivity index (χ1n) is 8.79. The van der Waals surface area contributed by atoms with E-state index in [1.165, 1.54) is 16.0 Å². The Morgan fingerprint density at radius 1 is 1.12 bits per heavy atom. The SMILES string of the molecule is O=C1CCCN1C(=O)NCCCN1CC=C(c2ccccc2)CC1. The molecule has 1 saturated heterocycles. The highest BCUT2D eigenvalue weighted by Crippen LogP contribution is 2.21. The predicted octanol–water partition coefficient (Wildman–Crippen LogP) is 2.50. The van der Waals surface area contributed by atoms with Crippen LogP contribution in [0, 0.1) is 0 Å². The van der Waals surface area contributed by atoms with Gasteiger partial charge >= 0.3 is 6.03 Å². The number of amides is 3. The molecule has 24 heavy (non-hydrogen) atoms. The number of carbonyl (C=O) groups is 2. The standard InChI is InChI=1S/C19H25N3O2/c23-18-8-4-13-22(18)19(24)20-11-5-12-21-14-9-17(10-15-21)16-6-2-1-3-7-16/h1-3,6-7,9H,4-5,8,10-15H2,(H,20,24). The summed E-state index contributed by atoms with van der Waals surface area (Å²) in [6.45, 7) is 4.16. The van der Waals surface area contributed by atoms with E-state index in [9.17, 15) is 9.59 Å². The van der Waals surface area contributed by atoms with E-state index in [4.69, 9.17) is 0 Å². The minimum Gasteiger partial charge on any atom is -0.338 e. The van der Waals surface area contributed by atoms with Crippen LogP contribution in [0.15, 0.2) is 36.4 Å². The number of rotatable bonds is 5. The van der Waals surface area contributed by atoms with Crippen molar-refractivity contribution in [3.05, 3.63) is 42.0 Å². The fourth-order valence-corrected chi connectivity index (χ4v) is 3.28. The first-order valence-corrected chi connectivity index (χ1v) is 8.79. The van der Waals surface area contributed by atoms with Crippen LogP contribution in [0.2, 0.25) is 0 Å². The Labute approximate surface area is 143 Å². The molecule has 0 unspecified atom stereocenters. The van der Waals surface area contributed by atoms with Gasteiger partial charge in [0.1, 0.15) is 0 Å². The van der Waals surface area contributed by atoms with Gasteiger partial charge in [0.05, 0.1) is 0 Å². The first kappa shape index (κ1) is 16.7. The van der Waals surface area contributed by atoms with Crippen molar-refractivity contribution in [3.63, 3.8) is 0 Å². The van der Waals surface area contributed by atoms with Crippen LogP contribution in [0.1, 0.15) is 31.2 Å². The zero-order valence-corrected chi connectivity index (χ0v) is 14.0. The maximum absolute atomic E-state index is 11.9. The largest absolute Gasteiger partial charge is 0.338 e. The molecule has 0 atom stereocenters. The molecule has 1 aromatic rings. The molecule has 3 rings (SSSR count). The summed E-state index contributed by atoms with van der Waals surface area (Å²) in [5.74, 6) is -0.0536. The first-order chi connectivity index (χ1) is 11.7. The van der Waals surface area contributed by atoms with Gasteiger partial charge in [-0.15, -0.1) is 0 Å². The molecule has 5 heteroatoms. The number of hydrogen-bond donors (Lipinski definition) is 1. The van der Waals surface area contributed by atoms with Gasteiger partial charge in [-0.25, -0.2) is 4.79 Å². The number of imide groups is 1. The summed E-state index contributed by atoms with van der Waals surface area (Å²) < 4.78 is 0. The highest BCUT2D eigenvalue weighted by atomic mass is 16.2. The maximum Gasteiger partial charge on any atom is 0.324 e. The van der Waals surface area contributed by atoms with Gasteiger partial charge < -0.3 is 5.32 Å². The lowest BCUT2D eigenvalue weighted by Crippen LogP contribution is -2.41. The topological polar surface area (TPSA) is 52.7 Å². The van der Waals surface area contributed by atoms with Crippen molar-refractivity contribution < 1.29 is 9.59 Å². The van der Waals surface area contributed by atoms with Crippen LogP contribution in [0.5, 0.6) is 0 Å². The second-order valence-corrected chi connectivity index (χ2v) is 6.38. The molecule has 0 spiro atoms. The molecule has 2 aliphatic heterocycles. The van der Waals surface area contributed by atoms with Crippen LogP contribution >= 0.6 is 0 Å². The van der Waals surface area contributed by atoms with E-state index in [2.05, 4.69) is 40.6 Å². The van der Waals surface area contributed by atoms with Crippen LogP contribution in [-0.4, -0.2) is 54.5 Å². The van der Waals surface area contributed by atoms with Crippen molar-refractivity contribution in [3.8, 4) is 0 Å². The van der Waals surface area contributed by atoms with Gasteiger partial charge in [0.25, 0.3) is 0 Å². The number of carbonyl (C=O) groups excluding carboxylic acids is 2. The Balaban J connectivity index is 1.36.